The number of rotatable bonds is 13. The molecule has 2 atom stereocenters. The van der Waals surface area contributed by atoms with Gasteiger partial charge in [0, 0.05) is 12.1 Å². The number of likely N-dealkylation sites (N-methyl/N-ethyl adjacent to an activating group) is 1. The summed E-state index contributed by atoms with van der Waals surface area (Å²) in [5.74, 6) is 0. The Kier molecular flexibility index (Phi) is 11.6. The summed E-state index contributed by atoms with van der Waals surface area (Å²) in [4.78, 5) is 0. The van der Waals surface area contributed by atoms with Crippen LogP contribution in [0.5, 0.6) is 0 Å². The third-order valence-electron chi connectivity index (χ3n) is 3.69. The molecule has 0 spiro atoms. The summed E-state index contributed by atoms with van der Waals surface area (Å²) >= 11 is 0. The van der Waals surface area contributed by atoms with Gasteiger partial charge < -0.3 is 15.2 Å². The average Bonchev–Trinajstić information content (AvgIpc) is 2.40. The Bertz CT molecular complexity index is 199. The number of hydrogen-bond donors (Lipinski definition) is 2. The van der Waals surface area contributed by atoms with Crippen LogP contribution in [0.3, 0.4) is 0 Å². The molecule has 0 saturated heterocycles. The molecule has 0 aliphatic carbocycles. The van der Waals surface area contributed by atoms with Gasteiger partial charge in [-0.15, -0.1) is 0 Å². The van der Waals surface area contributed by atoms with Crippen molar-refractivity contribution in [3.63, 3.8) is 0 Å². The largest absolute Gasteiger partial charge is 0.394 e. The average molecular weight is 273 g/mol. The maximum Gasteiger partial charge on any atom is 0.0610 e. The molecule has 0 radical (unpaired) electrons. The third-order valence-corrected chi connectivity index (χ3v) is 3.69. The summed E-state index contributed by atoms with van der Waals surface area (Å²) in [5.41, 5.74) is -0.150. The predicted octanol–water partition coefficient (Wildman–Crippen LogP) is 3.50. The van der Waals surface area contributed by atoms with Crippen molar-refractivity contribution in [3.05, 3.63) is 0 Å². The van der Waals surface area contributed by atoms with Crippen LogP contribution < -0.4 is 5.32 Å². The second-order valence-electron chi connectivity index (χ2n) is 5.88. The van der Waals surface area contributed by atoms with Gasteiger partial charge in [-0.05, 0) is 39.7 Å². The highest BCUT2D eigenvalue weighted by molar-refractivity contribution is 4.81. The van der Waals surface area contributed by atoms with E-state index in [1.165, 1.54) is 32.1 Å². The minimum Gasteiger partial charge on any atom is -0.394 e. The molecular formula is C16H35NO2. The lowest BCUT2D eigenvalue weighted by molar-refractivity contribution is 0.0493. The van der Waals surface area contributed by atoms with Gasteiger partial charge in [0.2, 0.25) is 0 Å². The summed E-state index contributed by atoms with van der Waals surface area (Å²) in [6, 6.07) is 0. The second-order valence-corrected chi connectivity index (χ2v) is 5.88. The van der Waals surface area contributed by atoms with E-state index in [4.69, 9.17) is 4.74 Å². The molecule has 0 amide bonds. The maximum atomic E-state index is 9.39. The first-order valence-electron chi connectivity index (χ1n) is 8.05. The fraction of sp³-hybridized carbons (Fsp3) is 1.00. The SMILES string of the molecule is CCCCCCC(C)OCCCC(C)(CO)NCC. The standard InChI is InChI=1S/C16H35NO2/c1-5-7-8-9-11-15(3)19-13-10-12-16(4,14-18)17-6-2/h15,17-18H,5-14H2,1-4H3. The Morgan fingerprint density at radius 2 is 1.89 bits per heavy atom. The number of unbranched alkanes of at least 4 members (excludes halogenated alkanes) is 3. The van der Waals surface area contributed by atoms with Crippen molar-refractivity contribution in [2.75, 3.05) is 19.8 Å². The van der Waals surface area contributed by atoms with Crippen LogP contribution in [0.2, 0.25) is 0 Å². The number of nitrogens with one attached hydrogen (secondary N) is 1. The van der Waals surface area contributed by atoms with E-state index < -0.39 is 0 Å². The molecular weight excluding hydrogens is 238 g/mol. The molecule has 0 aliphatic heterocycles. The van der Waals surface area contributed by atoms with Crippen LogP contribution >= 0.6 is 0 Å². The molecule has 2 N–H and O–H groups in total. The first-order chi connectivity index (χ1) is 9.08. The van der Waals surface area contributed by atoms with Crippen molar-refractivity contribution in [1.82, 2.24) is 5.32 Å². The smallest absolute Gasteiger partial charge is 0.0610 e. The van der Waals surface area contributed by atoms with Crippen molar-refractivity contribution in [2.24, 2.45) is 0 Å². The summed E-state index contributed by atoms with van der Waals surface area (Å²) in [5, 5.41) is 12.7. The Hall–Kier alpha value is -0.120. The topological polar surface area (TPSA) is 41.5 Å². The highest BCUT2D eigenvalue weighted by Gasteiger charge is 2.20. The van der Waals surface area contributed by atoms with E-state index in [-0.39, 0.29) is 12.1 Å². The Balaban J connectivity index is 3.56. The molecule has 116 valence electrons. The van der Waals surface area contributed by atoms with E-state index in [9.17, 15) is 5.11 Å². The van der Waals surface area contributed by atoms with Gasteiger partial charge >= 0.3 is 0 Å². The highest BCUT2D eigenvalue weighted by atomic mass is 16.5. The molecule has 0 saturated carbocycles. The quantitative estimate of drug-likeness (QED) is 0.505. The van der Waals surface area contributed by atoms with E-state index >= 15 is 0 Å². The third kappa shape index (κ3) is 10.3. The van der Waals surface area contributed by atoms with Gasteiger partial charge in [0.1, 0.15) is 0 Å². The van der Waals surface area contributed by atoms with Crippen LogP contribution in [0.15, 0.2) is 0 Å². The Morgan fingerprint density at radius 3 is 2.47 bits per heavy atom. The van der Waals surface area contributed by atoms with Crippen molar-refractivity contribution in [2.45, 2.75) is 84.3 Å². The van der Waals surface area contributed by atoms with Crippen LogP contribution in [0.25, 0.3) is 0 Å². The minimum absolute atomic E-state index is 0.150. The number of aliphatic hydroxyl groups excluding tert-OH is 1. The lowest BCUT2D eigenvalue weighted by Crippen LogP contribution is -2.45. The Morgan fingerprint density at radius 1 is 1.16 bits per heavy atom. The van der Waals surface area contributed by atoms with Gasteiger partial charge in [-0.2, -0.15) is 0 Å². The van der Waals surface area contributed by atoms with Gasteiger partial charge in [0.25, 0.3) is 0 Å². The first kappa shape index (κ1) is 18.9. The molecule has 0 aromatic heterocycles. The molecule has 0 fully saturated rings. The number of aliphatic hydroxyl groups is 1. The summed E-state index contributed by atoms with van der Waals surface area (Å²) in [7, 11) is 0. The Labute approximate surface area is 120 Å². The second kappa shape index (κ2) is 11.7. The molecule has 0 rings (SSSR count). The molecule has 2 unspecified atom stereocenters. The summed E-state index contributed by atoms with van der Waals surface area (Å²) < 4.78 is 5.83. The summed E-state index contributed by atoms with van der Waals surface area (Å²) in [6.45, 7) is 10.4. The van der Waals surface area contributed by atoms with Crippen molar-refractivity contribution in [1.29, 1.82) is 0 Å². The van der Waals surface area contributed by atoms with Gasteiger partial charge in [-0.1, -0.05) is 39.5 Å². The van der Waals surface area contributed by atoms with E-state index in [0.717, 1.165) is 26.0 Å². The fourth-order valence-electron chi connectivity index (χ4n) is 2.34. The molecule has 0 aromatic carbocycles. The monoisotopic (exact) mass is 273 g/mol. The van der Waals surface area contributed by atoms with Crippen LogP contribution in [0.4, 0.5) is 0 Å². The molecule has 3 heteroatoms. The van der Waals surface area contributed by atoms with Crippen LogP contribution in [-0.2, 0) is 4.74 Å². The van der Waals surface area contributed by atoms with Crippen LogP contribution in [-0.4, -0.2) is 36.5 Å². The van der Waals surface area contributed by atoms with Crippen LogP contribution in [0.1, 0.15) is 72.6 Å². The van der Waals surface area contributed by atoms with E-state index in [1.807, 2.05) is 0 Å². The molecule has 0 heterocycles. The zero-order valence-corrected chi connectivity index (χ0v) is 13.5. The van der Waals surface area contributed by atoms with Gasteiger partial charge in [-0.3, -0.25) is 0 Å². The molecule has 19 heavy (non-hydrogen) atoms. The summed E-state index contributed by atoms with van der Waals surface area (Å²) in [6.07, 6.45) is 8.74. The zero-order chi connectivity index (χ0) is 14.6. The lowest BCUT2D eigenvalue weighted by atomic mass is 9.97. The van der Waals surface area contributed by atoms with Crippen molar-refractivity contribution >= 4 is 0 Å². The lowest BCUT2D eigenvalue weighted by Gasteiger charge is -2.28. The molecule has 3 nitrogen and oxygen atoms in total. The first-order valence-corrected chi connectivity index (χ1v) is 8.05. The van der Waals surface area contributed by atoms with E-state index in [0.29, 0.717) is 6.10 Å². The predicted molar refractivity (Wildman–Crippen MR) is 82.6 cm³/mol. The van der Waals surface area contributed by atoms with Gasteiger partial charge in [0.05, 0.1) is 12.7 Å². The number of hydrogen-bond acceptors (Lipinski definition) is 3. The normalized spacial score (nSPS) is 16.3. The van der Waals surface area contributed by atoms with Crippen LogP contribution in [0, 0.1) is 0 Å². The van der Waals surface area contributed by atoms with Crippen molar-refractivity contribution in [3.8, 4) is 0 Å². The van der Waals surface area contributed by atoms with Crippen molar-refractivity contribution < 1.29 is 9.84 Å². The van der Waals surface area contributed by atoms with E-state index in [2.05, 4.69) is 33.0 Å². The molecule has 0 aliphatic rings. The molecule has 0 aromatic rings. The maximum absolute atomic E-state index is 9.39. The minimum atomic E-state index is -0.150. The fourth-order valence-corrected chi connectivity index (χ4v) is 2.34. The van der Waals surface area contributed by atoms with Gasteiger partial charge in [-0.25, -0.2) is 0 Å². The molecule has 0 bridgehead atoms. The van der Waals surface area contributed by atoms with E-state index in [1.54, 1.807) is 0 Å². The zero-order valence-electron chi connectivity index (χ0n) is 13.5. The number of ether oxygens (including phenoxy) is 1. The highest BCUT2D eigenvalue weighted by Crippen LogP contribution is 2.13. The van der Waals surface area contributed by atoms with Gasteiger partial charge in [0.15, 0.2) is 0 Å².